The standard InChI is InChI=1S/C21H24N2O4/c1-5-26-17-9-7-16(8-10-17)22-20(24)14(3)23-18-12-13(2)6-11-19(18)27-15(4)21(23)25/h6-12,14-15H,5H2,1-4H3,(H,22,24). The first-order valence-corrected chi connectivity index (χ1v) is 9.04. The van der Waals surface area contributed by atoms with Gasteiger partial charge in [-0.25, -0.2) is 0 Å². The van der Waals surface area contributed by atoms with Crippen molar-refractivity contribution in [1.82, 2.24) is 0 Å². The van der Waals surface area contributed by atoms with E-state index in [0.717, 1.165) is 11.3 Å². The van der Waals surface area contributed by atoms with Crippen molar-refractivity contribution in [2.45, 2.75) is 39.8 Å². The average molecular weight is 368 g/mol. The number of nitrogens with one attached hydrogen (secondary N) is 1. The molecule has 0 spiro atoms. The maximum Gasteiger partial charge on any atom is 0.268 e. The summed E-state index contributed by atoms with van der Waals surface area (Å²) in [5, 5.41) is 2.86. The van der Waals surface area contributed by atoms with Gasteiger partial charge in [0.1, 0.15) is 17.5 Å². The van der Waals surface area contributed by atoms with Crippen molar-refractivity contribution in [3.63, 3.8) is 0 Å². The number of fused-ring (bicyclic) bond motifs is 1. The van der Waals surface area contributed by atoms with Gasteiger partial charge in [0.2, 0.25) is 5.91 Å². The van der Waals surface area contributed by atoms with Gasteiger partial charge in [0.25, 0.3) is 5.91 Å². The summed E-state index contributed by atoms with van der Waals surface area (Å²) in [6.07, 6.45) is -0.638. The highest BCUT2D eigenvalue weighted by Crippen LogP contribution is 2.36. The second kappa shape index (κ2) is 7.70. The molecule has 2 aromatic carbocycles. The van der Waals surface area contributed by atoms with Crippen molar-refractivity contribution in [2.24, 2.45) is 0 Å². The Hall–Kier alpha value is -3.02. The van der Waals surface area contributed by atoms with Crippen LogP contribution in [0, 0.1) is 6.92 Å². The topological polar surface area (TPSA) is 67.9 Å². The molecule has 1 heterocycles. The fourth-order valence-electron chi connectivity index (χ4n) is 3.04. The lowest BCUT2D eigenvalue weighted by Crippen LogP contribution is -2.52. The zero-order valence-corrected chi connectivity index (χ0v) is 16.0. The molecule has 1 N–H and O–H groups in total. The van der Waals surface area contributed by atoms with Gasteiger partial charge in [-0.3, -0.25) is 14.5 Å². The van der Waals surface area contributed by atoms with Crippen LogP contribution in [-0.2, 0) is 9.59 Å². The molecule has 0 bridgehead atoms. The lowest BCUT2D eigenvalue weighted by atomic mass is 10.1. The number of aryl methyl sites for hydroxylation is 1. The highest BCUT2D eigenvalue weighted by Gasteiger charge is 2.37. The monoisotopic (exact) mass is 368 g/mol. The van der Waals surface area contributed by atoms with Gasteiger partial charge in [0.05, 0.1) is 12.3 Å². The maximum atomic E-state index is 12.8. The third-order valence-corrected chi connectivity index (χ3v) is 4.46. The van der Waals surface area contributed by atoms with Crippen molar-refractivity contribution in [3.05, 3.63) is 48.0 Å². The first kappa shape index (κ1) is 18.8. The molecule has 6 heteroatoms. The fraction of sp³-hybridized carbons (Fsp3) is 0.333. The summed E-state index contributed by atoms with van der Waals surface area (Å²) in [6.45, 7) is 7.84. The molecule has 1 aliphatic rings. The van der Waals surface area contributed by atoms with Crippen LogP contribution in [0.2, 0.25) is 0 Å². The minimum Gasteiger partial charge on any atom is -0.494 e. The Morgan fingerprint density at radius 2 is 1.96 bits per heavy atom. The Bertz CT molecular complexity index is 848. The predicted molar refractivity (Wildman–Crippen MR) is 104 cm³/mol. The number of amides is 2. The number of anilines is 2. The molecule has 3 rings (SSSR count). The first-order valence-electron chi connectivity index (χ1n) is 9.04. The largest absolute Gasteiger partial charge is 0.494 e. The molecular weight excluding hydrogens is 344 g/mol. The summed E-state index contributed by atoms with van der Waals surface area (Å²) in [6, 6.07) is 12.1. The number of hydrogen-bond acceptors (Lipinski definition) is 4. The van der Waals surface area contributed by atoms with Crippen molar-refractivity contribution < 1.29 is 19.1 Å². The zero-order valence-electron chi connectivity index (χ0n) is 16.0. The van der Waals surface area contributed by atoms with Gasteiger partial charge in [0.15, 0.2) is 6.10 Å². The van der Waals surface area contributed by atoms with E-state index in [9.17, 15) is 9.59 Å². The summed E-state index contributed by atoms with van der Waals surface area (Å²) in [4.78, 5) is 27.0. The van der Waals surface area contributed by atoms with Crippen LogP contribution in [0.15, 0.2) is 42.5 Å². The number of carbonyl (C=O) groups excluding carboxylic acids is 2. The van der Waals surface area contributed by atoms with E-state index in [1.54, 1.807) is 38.1 Å². The lowest BCUT2D eigenvalue weighted by Gasteiger charge is -2.36. The molecule has 0 aliphatic carbocycles. The van der Waals surface area contributed by atoms with Gasteiger partial charge in [-0.15, -0.1) is 0 Å². The summed E-state index contributed by atoms with van der Waals surface area (Å²) in [7, 11) is 0. The molecule has 27 heavy (non-hydrogen) atoms. The van der Waals surface area contributed by atoms with E-state index in [1.165, 1.54) is 4.90 Å². The molecule has 2 atom stereocenters. The Kier molecular flexibility index (Phi) is 5.35. The summed E-state index contributed by atoms with van der Waals surface area (Å²) < 4.78 is 11.1. The second-order valence-corrected chi connectivity index (χ2v) is 6.56. The second-order valence-electron chi connectivity index (χ2n) is 6.56. The quantitative estimate of drug-likeness (QED) is 0.877. The molecule has 1 aliphatic heterocycles. The molecule has 6 nitrogen and oxygen atoms in total. The van der Waals surface area contributed by atoms with Crippen molar-refractivity contribution in [3.8, 4) is 11.5 Å². The molecule has 2 unspecified atom stereocenters. The van der Waals surface area contributed by atoms with E-state index < -0.39 is 12.1 Å². The van der Waals surface area contributed by atoms with E-state index in [2.05, 4.69) is 5.32 Å². The van der Waals surface area contributed by atoms with Crippen molar-refractivity contribution >= 4 is 23.2 Å². The molecule has 0 saturated carbocycles. The SMILES string of the molecule is CCOc1ccc(NC(=O)C(C)N2C(=O)C(C)Oc3ccc(C)cc32)cc1. The minimum atomic E-state index is -0.684. The summed E-state index contributed by atoms with van der Waals surface area (Å²) in [5.74, 6) is 0.843. The third-order valence-electron chi connectivity index (χ3n) is 4.46. The summed E-state index contributed by atoms with van der Waals surface area (Å²) in [5.41, 5.74) is 2.25. The lowest BCUT2D eigenvalue weighted by molar-refractivity contribution is -0.128. The normalized spacial score (nSPS) is 17.0. The van der Waals surface area contributed by atoms with E-state index in [0.29, 0.717) is 23.7 Å². The molecule has 2 aromatic rings. The smallest absolute Gasteiger partial charge is 0.268 e. The van der Waals surface area contributed by atoms with E-state index in [4.69, 9.17) is 9.47 Å². The average Bonchev–Trinajstić information content (AvgIpc) is 2.64. The van der Waals surface area contributed by atoms with Gasteiger partial charge >= 0.3 is 0 Å². The van der Waals surface area contributed by atoms with Gasteiger partial charge in [-0.05, 0) is 69.7 Å². The van der Waals surface area contributed by atoms with Crippen LogP contribution < -0.4 is 19.7 Å². The highest BCUT2D eigenvalue weighted by molar-refractivity contribution is 6.07. The molecule has 0 fully saturated rings. The number of hydrogen-bond donors (Lipinski definition) is 1. The number of benzene rings is 2. The van der Waals surface area contributed by atoms with E-state index in [1.807, 2.05) is 32.0 Å². The number of ether oxygens (including phenoxy) is 2. The van der Waals surface area contributed by atoms with Crippen LogP contribution in [0.1, 0.15) is 26.3 Å². The zero-order chi connectivity index (χ0) is 19.6. The minimum absolute atomic E-state index is 0.234. The Labute approximate surface area is 159 Å². The van der Waals surface area contributed by atoms with Crippen molar-refractivity contribution in [2.75, 3.05) is 16.8 Å². The van der Waals surface area contributed by atoms with Crippen LogP contribution in [0.5, 0.6) is 11.5 Å². The third kappa shape index (κ3) is 3.89. The van der Waals surface area contributed by atoms with Crippen LogP contribution in [0.4, 0.5) is 11.4 Å². The first-order chi connectivity index (χ1) is 12.9. The van der Waals surface area contributed by atoms with Crippen molar-refractivity contribution in [1.29, 1.82) is 0 Å². The maximum absolute atomic E-state index is 12.8. The Balaban J connectivity index is 1.81. The highest BCUT2D eigenvalue weighted by atomic mass is 16.5. The fourth-order valence-corrected chi connectivity index (χ4v) is 3.04. The molecule has 0 saturated heterocycles. The Morgan fingerprint density at radius 1 is 1.26 bits per heavy atom. The van der Waals surface area contributed by atoms with Crippen LogP contribution in [0.3, 0.4) is 0 Å². The molecule has 142 valence electrons. The van der Waals surface area contributed by atoms with Gasteiger partial charge in [-0.2, -0.15) is 0 Å². The molecule has 2 amide bonds. The van der Waals surface area contributed by atoms with Crippen LogP contribution >= 0.6 is 0 Å². The van der Waals surface area contributed by atoms with E-state index in [-0.39, 0.29) is 11.8 Å². The number of rotatable bonds is 5. The van der Waals surface area contributed by atoms with Gasteiger partial charge in [0, 0.05) is 5.69 Å². The number of carbonyl (C=O) groups is 2. The predicted octanol–water partition coefficient (Wildman–Crippen LogP) is 3.53. The molecule has 0 aromatic heterocycles. The molecular formula is C21H24N2O4. The Morgan fingerprint density at radius 3 is 2.63 bits per heavy atom. The summed E-state index contributed by atoms with van der Waals surface area (Å²) >= 11 is 0. The van der Waals surface area contributed by atoms with Gasteiger partial charge < -0.3 is 14.8 Å². The molecule has 0 radical (unpaired) electrons. The van der Waals surface area contributed by atoms with Crippen LogP contribution in [0.25, 0.3) is 0 Å². The van der Waals surface area contributed by atoms with E-state index >= 15 is 0 Å². The van der Waals surface area contributed by atoms with Crippen LogP contribution in [-0.4, -0.2) is 30.6 Å². The number of nitrogens with zero attached hydrogens (tertiary/aromatic N) is 1. The van der Waals surface area contributed by atoms with Gasteiger partial charge in [-0.1, -0.05) is 6.07 Å².